The lowest BCUT2D eigenvalue weighted by molar-refractivity contribution is -0.137. The predicted octanol–water partition coefficient (Wildman–Crippen LogP) is 3.32. The smallest absolute Gasteiger partial charge is 0.417 e. The van der Waals surface area contributed by atoms with E-state index in [4.69, 9.17) is 4.42 Å². The molecular formula is C18H15F3N4O3. The highest BCUT2D eigenvalue weighted by molar-refractivity contribution is 5.90. The SMILES string of the molecule is Cc1ccc(-c2nnc(CCC(=O)Nc3cc(C(F)(F)F)c[nH]c3=O)o2)cc1. The predicted molar refractivity (Wildman–Crippen MR) is 93.5 cm³/mol. The molecule has 0 unspecified atom stereocenters. The first-order valence-corrected chi connectivity index (χ1v) is 8.21. The molecule has 0 aliphatic carbocycles. The summed E-state index contributed by atoms with van der Waals surface area (Å²) in [4.78, 5) is 25.5. The van der Waals surface area contributed by atoms with Crippen LogP contribution in [0.2, 0.25) is 0 Å². The van der Waals surface area contributed by atoms with E-state index in [0.717, 1.165) is 11.1 Å². The van der Waals surface area contributed by atoms with E-state index in [1.54, 1.807) is 0 Å². The van der Waals surface area contributed by atoms with Crippen LogP contribution in [-0.4, -0.2) is 21.1 Å². The summed E-state index contributed by atoms with van der Waals surface area (Å²) in [5, 5.41) is 9.91. The van der Waals surface area contributed by atoms with Gasteiger partial charge in [0.15, 0.2) is 0 Å². The number of aromatic nitrogens is 3. The Labute approximate surface area is 156 Å². The second-order valence-electron chi connectivity index (χ2n) is 6.04. The molecule has 0 aliphatic rings. The molecule has 0 saturated heterocycles. The number of halogens is 3. The second kappa shape index (κ2) is 7.67. The van der Waals surface area contributed by atoms with Crippen LogP contribution in [0.3, 0.4) is 0 Å². The van der Waals surface area contributed by atoms with Gasteiger partial charge in [0, 0.05) is 24.6 Å². The van der Waals surface area contributed by atoms with E-state index in [1.807, 2.05) is 36.2 Å². The van der Waals surface area contributed by atoms with Crippen LogP contribution in [0.5, 0.6) is 0 Å². The van der Waals surface area contributed by atoms with Gasteiger partial charge in [0.1, 0.15) is 5.69 Å². The van der Waals surface area contributed by atoms with Crippen LogP contribution in [0, 0.1) is 6.92 Å². The highest BCUT2D eigenvalue weighted by atomic mass is 19.4. The number of anilines is 1. The number of alkyl halides is 3. The van der Waals surface area contributed by atoms with E-state index in [2.05, 4.69) is 15.5 Å². The Bertz CT molecular complexity index is 1040. The summed E-state index contributed by atoms with van der Waals surface area (Å²) in [6, 6.07) is 8.00. The average Bonchev–Trinajstić information content (AvgIpc) is 3.10. The first kappa shape index (κ1) is 19.3. The third-order valence-electron chi connectivity index (χ3n) is 3.84. The number of nitrogens with zero attached hydrogens (tertiary/aromatic N) is 2. The monoisotopic (exact) mass is 392 g/mol. The number of nitrogens with one attached hydrogen (secondary N) is 2. The van der Waals surface area contributed by atoms with Gasteiger partial charge >= 0.3 is 6.18 Å². The lowest BCUT2D eigenvalue weighted by atomic mass is 10.1. The van der Waals surface area contributed by atoms with Crippen LogP contribution < -0.4 is 10.9 Å². The van der Waals surface area contributed by atoms with Gasteiger partial charge in [0.25, 0.3) is 5.56 Å². The van der Waals surface area contributed by atoms with Gasteiger partial charge in [-0.2, -0.15) is 13.2 Å². The topological polar surface area (TPSA) is 101 Å². The molecule has 0 atom stereocenters. The van der Waals surface area contributed by atoms with Crippen LogP contribution in [0.4, 0.5) is 18.9 Å². The van der Waals surface area contributed by atoms with Crippen molar-refractivity contribution in [3.05, 3.63) is 63.9 Å². The Balaban J connectivity index is 1.62. The Kier molecular flexibility index (Phi) is 5.30. The standard InChI is InChI=1S/C18H15F3N4O3/c1-10-2-4-11(5-3-10)17-25-24-15(28-17)7-6-14(26)23-13-8-12(18(19,20)21)9-22-16(13)27/h2-5,8-9H,6-7H2,1H3,(H,22,27)(H,23,26). The zero-order chi connectivity index (χ0) is 20.3. The van der Waals surface area contributed by atoms with Crippen molar-refractivity contribution in [1.82, 2.24) is 15.2 Å². The van der Waals surface area contributed by atoms with Crippen LogP contribution >= 0.6 is 0 Å². The van der Waals surface area contributed by atoms with Crippen molar-refractivity contribution in [2.75, 3.05) is 5.32 Å². The van der Waals surface area contributed by atoms with Crippen molar-refractivity contribution in [2.45, 2.75) is 25.9 Å². The highest BCUT2D eigenvalue weighted by Gasteiger charge is 2.31. The quantitative estimate of drug-likeness (QED) is 0.694. The number of pyridine rings is 1. The first-order chi connectivity index (χ1) is 13.2. The molecule has 2 aromatic heterocycles. The number of rotatable bonds is 5. The van der Waals surface area contributed by atoms with Gasteiger partial charge in [-0.3, -0.25) is 9.59 Å². The molecule has 10 heteroatoms. The van der Waals surface area contributed by atoms with Crippen molar-refractivity contribution in [1.29, 1.82) is 0 Å². The summed E-state index contributed by atoms with van der Waals surface area (Å²) in [7, 11) is 0. The molecule has 0 bridgehead atoms. The molecule has 0 fully saturated rings. The summed E-state index contributed by atoms with van der Waals surface area (Å²) in [5.41, 5.74) is -0.581. The third-order valence-corrected chi connectivity index (χ3v) is 3.84. The van der Waals surface area contributed by atoms with Gasteiger partial charge in [-0.25, -0.2) is 0 Å². The lowest BCUT2D eigenvalue weighted by Crippen LogP contribution is -2.21. The second-order valence-corrected chi connectivity index (χ2v) is 6.04. The summed E-state index contributed by atoms with van der Waals surface area (Å²) in [5.74, 6) is -0.159. The van der Waals surface area contributed by atoms with Gasteiger partial charge in [0.05, 0.1) is 5.56 Å². The molecule has 2 heterocycles. The van der Waals surface area contributed by atoms with E-state index >= 15 is 0 Å². The highest BCUT2D eigenvalue weighted by Crippen LogP contribution is 2.29. The fourth-order valence-corrected chi connectivity index (χ4v) is 2.34. The largest absolute Gasteiger partial charge is 0.421 e. The molecule has 0 saturated carbocycles. The summed E-state index contributed by atoms with van der Waals surface area (Å²) in [6.45, 7) is 1.94. The first-order valence-electron chi connectivity index (χ1n) is 8.21. The molecule has 28 heavy (non-hydrogen) atoms. The van der Waals surface area contributed by atoms with Gasteiger partial charge in [-0.15, -0.1) is 10.2 Å². The van der Waals surface area contributed by atoms with E-state index in [1.165, 1.54) is 0 Å². The fourth-order valence-electron chi connectivity index (χ4n) is 2.34. The number of hydrogen-bond acceptors (Lipinski definition) is 5. The van der Waals surface area contributed by atoms with Crippen LogP contribution in [0.15, 0.2) is 45.7 Å². The molecular weight excluding hydrogens is 377 g/mol. The van der Waals surface area contributed by atoms with Crippen molar-refractivity contribution in [2.24, 2.45) is 0 Å². The summed E-state index contributed by atoms with van der Waals surface area (Å²) >= 11 is 0. The molecule has 7 nitrogen and oxygen atoms in total. The minimum Gasteiger partial charge on any atom is -0.421 e. The molecule has 2 N–H and O–H groups in total. The summed E-state index contributed by atoms with van der Waals surface area (Å²) in [6.07, 6.45) is -4.17. The Hall–Kier alpha value is -3.43. The molecule has 0 spiro atoms. The van der Waals surface area contributed by atoms with Crippen LogP contribution in [0.25, 0.3) is 11.5 Å². The van der Waals surface area contributed by atoms with E-state index in [0.29, 0.717) is 18.2 Å². The molecule has 0 radical (unpaired) electrons. The Morgan fingerprint density at radius 1 is 1.21 bits per heavy atom. The van der Waals surface area contributed by atoms with Crippen molar-refractivity contribution in [3.63, 3.8) is 0 Å². The molecule has 146 valence electrons. The molecule has 3 rings (SSSR count). The lowest BCUT2D eigenvalue weighted by Gasteiger charge is -2.08. The van der Waals surface area contributed by atoms with E-state index < -0.39 is 28.9 Å². The van der Waals surface area contributed by atoms with Crippen molar-refractivity contribution < 1.29 is 22.4 Å². The average molecular weight is 392 g/mol. The fraction of sp³-hybridized carbons (Fsp3) is 0.222. The maximum absolute atomic E-state index is 12.7. The van der Waals surface area contributed by atoms with Gasteiger partial charge < -0.3 is 14.7 Å². The zero-order valence-electron chi connectivity index (χ0n) is 14.6. The Morgan fingerprint density at radius 2 is 1.93 bits per heavy atom. The number of amides is 1. The number of aryl methyl sites for hydroxylation is 2. The summed E-state index contributed by atoms with van der Waals surface area (Å²) < 4.78 is 43.6. The van der Waals surface area contributed by atoms with Gasteiger partial charge in [-0.1, -0.05) is 17.7 Å². The van der Waals surface area contributed by atoms with Crippen molar-refractivity contribution in [3.8, 4) is 11.5 Å². The minimum absolute atomic E-state index is 0.0710. The number of carbonyl (C=O) groups is 1. The molecule has 0 aliphatic heterocycles. The van der Waals surface area contributed by atoms with E-state index in [-0.39, 0.29) is 18.7 Å². The molecule has 1 aromatic carbocycles. The normalized spacial score (nSPS) is 11.4. The maximum atomic E-state index is 12.7. The molecule has 1 amide bonds. The third kappa shape index (κ3) is 4.64. The number of aromatic amines is 1. The maximum Gasteiger partial charge on any atom is 0.417 e. The van der Waals surface area contributed by atoms with Crippen molar-refractivity contribution >= 4 is 11.6 Å². The zero-order valence-corrected chi connectivity index (χ0v) is 14.6. The Morgan fingerprint density at radius 3 is 2.61 bits per heavy atom. The molecule has 3 aromatic rings. The number of carbonyl (C=O) groups excluding carboxylic acids is 1. The van der Waals surface area contributed by atoms with Crippen LogP contribution in [0.1, 0.15) is 23.4 Å². The number of hydrogen-bond donors (Lipinski definition) is 2. The minimum atomic E-state index is -4.64. The van der Waals surface area contributed by atoms with Gasteiger partial charge in [0.2, 0.25) is 17.7 Å². The number of benzene rings is 1. The van der Waals surface area contributed by atoms with Crippen LogP contribution in [-0.2, 0) is 17.4 Å². The van der Waals surface area contributed by atoms with E-state index in [9.17, 15) is 22.8 Å². The number of H-pyrrole nitrogens is 1. The van der Waals surface area contributed by atoms with Gasteiger partial charge in [-0.05, 0) is 25.1 Å².